The molecule has 106 valence electrons. The first-order valence-corrected chi connectivity index (χ1v) is 8.00. The smallest absolute Gasteiger partial charge is 0.261 e. The van der Waals surface area contributed by atoms with E-state index in [1.165, 1.54) is 34.8 Å². The van der Waals surface area contributed by atoms with Crippen LogP contribution in [0, 0.1) is 5.82 Å². The fraction of sp³-hybridized carbons (Fsp3) is 0.0667. The minimum atomic E-state index is -0.266. The molecule has 2 heterocycles. The molecule has 0 radical (unpaired) electrons. The van der Waals surface area contributed by atoms with Gasteiger partial charge in [0.1, 0.15) is 10.8 Å². The Morgan fingerprint density at radius 3 is 2.71 bits per heavy atom. The molecule has 1 aromatic carbocycles. The predicted octanol–water partition coefficient (Wildman–Crippen LogP) is 3.94. The zero-order chi connectivity index (χ0) is 14.7. The van der Waals surface area contributed by atoms with E-state index in [-0.39, 0.29) is 11.7 Å². The van der Waals surface area contributed by atoms with Gasteiger partial charge in [-0.05, 0) is 35.7 Å². The van der Waals surface area contributed by atoms with Crippen molar-refractivity contribution < 1.29 is 9.18 Å². The molecule has 0 aliphatic carbocycles. The number of aromatic nitrogens is 1. The average molecular weight is 318 g/mol. The zero-order valence-electron chi connectivity index (χ0n) is 10.9. The fourth-order valence-corrected chi connectivity index (χ4v) is 3.18. The van der Waals surface area contributed by atoms with Crippen molar-refractivity contribution in [1.82, 2.24) is 10.3 Å². The Bertz CT molecular complexity index is 735. The molecule has 0 aliphatic rings. The highest BCUT2D eigenvalue weighted by Gasteiger charge is 2.08. The number of nitrogens with zero attached hydrogens (tertiary/aromatic N) is 1. The van der Waals surface area contributed by atoms with E-state index in [9.17, 15) is 9.18 Å². The third-order valence-corrected chi connectivity index (χ3v) is 4.55. The van der Waals surface area contributed by atoms with E-state index in [1.54, 1.807) is 18.2 Å². The standard InChI is InChI=1S/C15H11FN2OS2/c16-11-5-3-10(4-6-11)12-9-21-14(18-12)8-17-15(19)13-2-1-7-20-13/h1-7,9H,8H2,(H,17,19). The first-order chi connectivity index (χ1) is 10.2. The average Bonchev–Trinajstić information content (AvgIpc) is 3.17. The summed E-state index contributed by atoms with van der Waals surface area (Å²) in [7, 11) is 0. The van der Waals surface area contributed by atoms with Gasteiger partial charge in [0.2, 0.25) is 0 Å². The van der Waals surface area contributed by atoms with Crippen molar-refractivity contribution in [1.29, 1.82) is 0 Å². The van der Waals surface area contributed by atoms with Gasteiger partial charge in [0, 0.05) is 10.9 Å². The minimum absolute atomic E-state index is 0.0940. The second kappa shape index (κ2) is 6.15. The Hall–Kier alpha value is -2.05. The number of halogens is 1. The molecular weight excluding hydrogens is 307 g/mol. The van der Waals surface area contributed by atoms with E-state index in [4.69, 9.17) is 0 Å². The molecule has 0 aliphatic heterocycles. The van der Waals surface area contributed by atoms with Gasteiger partial charge in [0.05, 0.1) is 17.1 Å². The normalized spacial score (nSPS) is 10.5. The number of rotatable bonds is 4. The lowest BCUT2D eigenvalue weighted by Gasteiger charge is -2.00. The Morgan fingerprint density at radius 2 is 2.00 bits per heavy atom. The lowest BCUT2D eigenvalue weighted by Crippen LogP contribution is -2.21. The summed E-state index contributed by atoms with van der Waals surface area (Å²) < 4.78 is 12.9. The van der Waals surface area contributed by atoms with Crippen LogP contribution in [0.25, 0.3) is 11.3 Å². The largest absolute Gasteiger partial charge is 0.345 e. The summed E-state index contributed by atoms with van der Waals surface area (Å²) in [5, 5.41) is 7.42. The highest BCUT2D eigenvalue weighted by atomic mass is 32.1. The number of hydrogen-bond donors (Lipinski definition) is 1. The van der Waals surface area contributed by atoms with E-state index in [0.29, 0.717) is 11.4 Å². The monoisotopic (exact) mass is 318 g/mol. The van der Waals surface area contributed by atoms with E-state index in [1.807, 2.05) is 16.8 Å². The predicted molar refractivity (Wildman–Crippen MR) is 83.0 cm³/mol. The van der Waals surface area contributed by atoms with Gasteiger partial charge >= 0.3 is 0 Å². The van der Waals surface area contributed by atoms with Crippen molar-refractivity contribution in [3.05, 3.63) is 62.9 Å². The van der Waals surface area contributed by atoms with Crippen LogP contribution >= 0.6 is 22.7 Å². The van der Waals surface area contributed by atoms with Crippen LogP contribution < -0.4 is 5.32 Å². The van der Waals surface area contributed by atoms with Crippen LogP contribution in [0.1, 0.15) is 14.7 Å². The molecular formula is C15H11FN2OS2. The van der Waals surface area contributed by atoms with Crippen molar-refractivity contribution in [3.63, 3.8) is 0 Å². The van der Waals surface area contributed by atoms with Gasteiger partial charge in [-0.1, -0.05) is 6.07 Å². The van der Waals surface area contributed by atoms with Gasteiger partial charge in [-0.25, -0.2) is 9.37 Å². The van der Waals surface area contributed by atoms with Crippen LogP contribution in [0.3, 0.4) is 0 Å². The molecule has 0 saturated carbocycles. The number of thiazole rings is 1. The van der Waals surface area contributed by atoms with Gasteiger partial charge in [0.25, 0.3) is 5.91 Å². The maximum atomic E-state index is 12.9. The minimum Gasteiger partial charge on any atom is -0.345 e. The second-order valence-corrected chi connectivity index (χ2v) is 6.18. The molecule has 2 aromatic heterocycles. The van der Waals surface area contributed by atoms with Crippen LogP contribution in [0.4, 0.5) is 4.39 Å². The number of carbonyl (C=O) groups is 1. The summed E-state index contributed by atoms with van der Waals surface area (Å²) >= 11 is 2.88. The number of benzene rings is 1. The molecule has 0 fully saturated rings. The van der Waals surface area contributed by atoms with Crippen LogP contribution in [-0.4, -0.2) is 10.9 Å². The molecule has 3 aromatic rings. The number of carbonyl (C=O) groups excluding carboxylic acids is 1. The summed E-state index contributed by atoms with van der Waals surface area (Å²) in [4.78, 5) is 17.0. The van der Waals surface area contributed by atoms with Crippen molar-refractivity contribution in [2.45, 2.75) is 6.54 Å². The zero-order valence-corrected chi connectivity index (χ0v) is 12.5. The first-order valence-electron chi connectivity index (χ1n) is 6.24. The van der Waals surface area contributed by atoms with Gasteiger partial charge in [-0.2, -0.15) is 0 Å². The summed E-state index contributed by atoms with van der Waals surface area (Å²) in [5.74, 6) is -0.360. The molecule has 0 saturated heterocycles. The molecule has 1 N–H and O–H groups in total. The summed E-state index contributed by atoms with van der Waals surface area (Å²) in [6.07, 6.45) is 0. The lowest BCUT2D eigenvalue weighted by molar-refractivity contribution is 0.0955. The first kappa shape index (κ1) is 13.9. The summed E-state index contributed by atoms with van der Waals surface area (Å²) in [5.41, 5.74) is 1.66. The molecule has 0 atom stereocenters. The second-order valence-electron chi connectivity index (χ2n) is 4.29. The number of amides is 1. The Labute approximate surface area is 129 Å². The summed E-state index contributed by atoms with van der Waals surface area (Å²) in [6.45, 7) is 0.391. The Kier molecular flexibility index (Phi) is 4.08. The molecule has 1 amide bonds. The molecule has 3 rings (SSSR count). The van der Waals surface area contributed by atoms with Crippen molar-refractivity contribution >= 4 is 28.6 Å². The molecule has 21 heavy (non-hydrogen) atoms. The lowest BCUT2D eigenvalue weighted by atomic mass is 10.2. The third-order valence-electron chi connectivity index (χ3n) is 2.84. The molecule has 3 nitrogen and oxygen atoms in total. The maximum Gasteiger partial charge on any atom is 0.261 e. The van der Waals surface area contributed by atoms with Crippen molar-refractivity contribution in [2.24, 2.45) is 0 Å². The van der Waals surface area contributed by atoms with Crippen LogP contribution in [0.5, 0.6) is 0 Å². The quantitative estimate of drug-likeness (QED) is 0.791. The van der Waals surface area contributed by atoms with Gasteiger partial charge in [-0.3, -0.25) is 4.79 Å². The molecule has 0 spiro atoms. The molecule has 0 unspecified atom stereocenters. The van der Waals surface area contributed by atoms with E-state index in [2.05, 4.69) is 10.3 Å². The van der Waals surface area contributed by atoms with E-state index >= 15 is 0 Å². The van der Waals surface area contributed by atoms with Gasteiger partial charge in [0.15, 0.2) is 0 Å². The Morgan fingerprint density at radius 1 is 1.19 bits per heavy atom. The highest BCUT2D eigenvalue weighted by molar-refractivity contribution is 7.12. The number of nitrogens with one attached hydrogen (secondary N) is 1. The Balaban J connectivity index is 1.65. The van der Waals surface area contributed by atoms with Crippen molar-refractivity contribution in [3.8, 4) is 11.3 Å². The summed E-state index contributed by atoms with van der Waals surface area (Å²) in [6, 6.07) is 9.83. The fourth-order valence-electron chi connectivity index (χ4n) is 1.80. The van der Waals surface area contributed by atoms with E-state index < -0.39 is 0 Å². The van der Waals surface area contributed by atoms with Gasteiger partial charge < -0.3 is 5.32 Å². The SMILES string of the molecule is O=C(NCc1nc(-c2ccc(F)cc2)cs1)c1cccs1. The number of thiophene rings is 1. The van der Waals surface area contributed by atoms with E-state index in [0.717, 1.165) is 16.3 Å². The number of hydrogen-bond acceptors (Lipinski definition) is 4. The highest BCUT2D eigenvalue weighted by Crippen LogP contribution is 2.22. The van der Waals surface area contributed by atoms with Gasteiger partial charge in [-0.15, -0.1) is 22.7 Å². The van der Waals surface area contributed by atoms with Crippen LogP contribution in [0.2, 0.25) is 0 Å². The van der Waals surface area contributed by atoms with Crippen LogP contribution in [-0.2, 0) is 6.54 Å². The van der Waals surface area contributed by atoms with Crippen LogP contribution in [0.15, 0.2) is 47.2 Å². The maximum absolute atomic E-state index is 12.9. The molecule has 0 bridgehead atoms. The molecule has 6 heteroatoms. The third kappa shape index (κ3) is 3.34. The topological polar surface area (TPSA) is 42.0 Å². The van der Waals surface area contributed by atoms with Crippen molar-refractivity contribution in [2.75, 3.05) is 0 Å².